The van der Waals surface area contributed by atoms with Crippen molar-refractivity contribution in [2.24, 2.45) is 13.0 Å². The number of unbranched alkanes of at least 4 members (excludes halogenated alkanes) is 1. The van der Waals surface area contributed by atoms with Crippen LogP contribution in [0.2, 0.25) is 5.02 Å². The summed E-state index contributed by atoms with van der Waals surface area (Å²) in [6.45, 7) is 1.79. The SMILES string of the molecule is C[C@H](CC(=O)O)CC(=O)c1c(CCCCc2ccccc2)n(C)c2ncc(Cl)cc12. The Labute approximate surface area is 181 Å². The molecule has 0 radical (unpaired) electrons. The second-order valence-electron chi connectivity index (χ2n) is 7.93. The highest BCUT2D eigenvalue weighted by atomic mass is 35.5. The molecule has 3 aromatic rings. The van der Waals surface area contributed by atoms with Crippen molar-refractivity contribution in [3.63, 3.8) is 0 Å². The maximum atomic E-state index is 13.2. The zero-order valence-corrected chi connectivity index (χ0v) is 18.2. The Morgan fingerprint density at radius 1 is 1.13 bits per heavy atom. The zero-order chi connectivity index (χ0) is 21.7. The van der Waals surface area contributed by atoms with Crippen molar-refractivity contribution in [2.75, 3.05) is 0 Å². The van der Waals surface area contributed by atoms with Crippen LogP contribution in [0.5, 0.6) is 0 Å². The first-order valence-electron chi connectivity index (χ1n) is 10.3. The van der Waals surface area contributed by atoms with Gasteiger partial charge >= 0.3 is 5.97 Å². The molecule has 30 heavy (non-hydrogen) atoms. The summed E-state index contributed by atoms with van der Waals surface area (Å²) in [5, 5.41) is 10.3. The third-order valence-corrected chi connectivity index (χ3v) is 5.63. The Morgan fingerprint density at radius 2 is 1.83 bits per heavy atom. The largest absolute Gasteiger partial charge is 0.481 e. The molecule has 6 heteroatoms. The molecule has 0 unspecified atom stereocenters. The molecule has 3 rings (SSSR count). The van der Waals surface area contributed by atoms with Gasteiger partial charge in [-0.05, 0) is 43.2 Å². The van der Waals surface area contributed by atoms with Gasteiger partial charge in [-0.25, -0.2) is 4.98 Å². The lowest BCUT2D eigenvalue weighted by Crippen LogP contribution is -2.12. The molecule has 0 fully saturated rings. The lowest BCUT2D eigenvalue weighted by Gasteiger charge is -2.10. The average Bonchev–Trinajstić information content (AvgIpc) is 2.96. The van der Waals surface area contributed by atoms with Gasteiger partial charge in [0, 0.05) is 42.7 Å². The van der Waals surface area contributed by atoms with E-state index < -0.39 is 5.97 Å². The highest BCUT2D eigenvalue weighted by Gasteiger charge is 2.24. The number of hydrogen-bond donors (Lipinski definition) is 1. The molecule has 1 atom stereocenters. The van der Waals surface area contributed by atoms with Gasteiger partial charge in [0.15, 0.2) is 5.78 Å². The van der Waals surface area contributed by atoms with Gasteiger partial charge in [0.25, 0.3) is 0 Å². The summed E-state index contributed by atoms with van der Waals surface area (Å²) in [5.74, 6) is -1.17. The third-order valence-electron chi connectivity index (χ3n) is 5.42. The summed E-state index contributed by atoms with van der Waals surface area (Å²) in [6, 6.07) is 12.1. The highest BCUT2D eigenvalue weighted by Crippen LogP contribution is 2.30. The molecular weight excluding hydrogens is 400 g/mol. The predicted octanol–water partition coefficient (Wildman–Crippen LogP) is 5.48. The topological polar surface area (TPSA) is 72.2 Å². The molecule has 0 aliphatic carbocycles. The number of carboxylic acid groups (broad SMARTS) is 1. The molecule has 0 bridgehead atoms. The Kier molecular flexibility index (Phi) is 7.27. The van der Waals surface area contributed by atoms with Crippen LogP contribution < -0.4 is 0 Å². The number of Topliss-reactive ketones (excluding diaryl/α,β-unsaturated/α-hetero) is 1. The van der Waals surface area contributed by atoms with Gasteiger partial charge < -0.3 is 9.67 Å². The quantitative estimate of drug-likeness (QED) is 0.344. The number of halogens is 1. The number of pyridine rings is 1. The van der Waals surface area contributed by atoms with Gasteiger partial charge in [-0.3, -0.25) is 9.59 Å². The lowest BCUT2D eigenvalue weighted by molar-refractivity contribution is -0.137. The fourth-order valence-corrected chi connectivity index (χ4v) is 4.15. The number of carbonyl (C=O) groups excluding carboxylic acids is 1. The van der Waals surface area contributed by atoms with E-state index in [1.807, 2.05) is 29.8 Å². The third kappa shape index (κ3) is 5.28. The number of fused-ring (bicyclic) bond motifs is 1. The van der Waals surface area contributed by atoms with Gasteiger partial charge in [0.05, 0.1) is 5.02 Å². The van der Waals surface area contributed by atoms with Gasteiger partial charge in [-0.2, -0.15) is 0 Å². The summed E-state index contributed by atoms with van der Waals surface area (Å²) in [4.78, 5) is 28.6. The number of aromatic nitrogens is 2. The van der Waals surface area contributed by atoms with Crippen molar-refractivity contribution in [1.82, 2.24) is 9.55 Å². The van der Waals surface area contributed by atoms with Crippen LogP contribution in [0.1, 0.15) is 54.2 Å². The van der Waals surface area contributed by atoms with E-state index in [1.165, 1.54) is 5.56 Å². The Balaban J connectivity index is 1.82. The maximum Gasteiger partial charge on any atom is 0.303 e. The van der Waals surface area contributed by atoms with Crippen molar-refractivity contribution in [3.8, 4) is 0 Å². The monoisotopic (exact) mass is 426 g/mol. The van der Waals surface area contributed by atoms with E-state index in [1.54, 1.807) is 19.2 Å². The van der Waals surface area contributed by atoms with Crippen LogP contribution in [-0.2, 0) is 24.7 Å². The molecular formula is C24H27ClN2O3. The summed E-state index contributed by atoms with van der Waals surface area (Å²) in [6.07, 6.45) is 5.46. The van der Waals surface area contributed by atoms with Crippen molar-refractivity contribution < 1.29 is 14.7 Å². The van der Waals surface area contributed by atoms with Gasteiger partial charge in [-0.15, -0.1) is 0 Å². The normalized spacial score (nSPS) is 12.2. The van der Waals surface area contributed by atoms with Crippen molar-refractivity contribution >= 4 is 34.4 Å². The number of aliphatic carboxylic acids is 1. The van der Waals surface area contributed by atoms with E-state index in [0.29, 0.717) is 10.6 Å². The predicted molar refractivity (Wildman–Crippen MR) is 119 cm³/mol. The van der Waals surface area contributed by atoms with E-state index in [-0.39, 0.29) is 24.5 Å². The molecule has 0 spiro atoms. The minimum absolute atomic E-state index is 0.0259. The summed E-state index contributed by atoms with van der Waals surface area (Å²) in [7, 11) is 1.92. The van der Waals surface area contributed by atoms with E-state index in [9.17, 15) is 9.59 Å². The smallest absolute Gasteiger partial charge is 0.303 e. The fourth-order valence-electron chi connectivity index (χ4n) is 3.99. The number of carbonyl (C=O) groups is 2. The number of ketones is 1. The molecule has 1 aromatic carbocycles. The van der Waals surface area contributed by atoms with E-state index in [2.05, 4.69) is 17.1 Å². The second kappa shape index (κ2) is 9.90. The Hall–Kier alpha value is -2.66. The molecule has 2 aromatic heterocycles. The molecule has 158 valence electrons. The Bertz CT molecular complexity index is 1040. The molecule has 0 saturated carbocycles. The molecule has 0 amide bonds. The minimum Gasteiger partial charge on any atom is -0.481 e. The van der Waals surface area contributed by atoms with Crippen LogP contribution in [0.3, 0.4) is 0 Å². The maximum absolute atomic E-state index is 13.2. The van der Waals surface area contributed by atoms with Crippen molar-refractivity contribution in [2.45, 2.75) is 45.4 Å². The van der Waals surface area contributed by atoms with E-state index >= 15 is 0 Å². The first-order chi connectivity index (χ1) is 14.4. The number of hydrogen-bond acceptors (Lipinski definition) is 3. The van der Waals surface area contributed by atoms with E-state index in [4.69, 9.17) is 16.7 Å². The summed E-state index contributed by atoms with van der Waals surface area (Å²) < 4.78 is 1.98. The molecule has 0 aliphatic rings. The number of aryl methyl sites for hydroxylation is 2. The molecule has 5 nitrogen and oxygen atoms in total. The summed E-state index contributed by atoms with van der Waals surface area (Å²) >= 11 is 6.17. The minimum atomic E-state index is -0.890. The van der Waals surface area contributed by atoms with Crippen molar-refractivity contribution in [3.05, 3.63) is 64.4 Å². The van der Waals surface area contributed by atoms with Crippen LogP contribution in [0.25, 0.3) is 11.0 Å². The van der Waals surface area contributed by atoms with Gasteiger partial charge in [0.1, 0.15) is 5.65 Å². The second-order valence-corrected chi connectivity index (χ2v) is 8.36. The highest BCUT2D eigenvalue weighted by molar-refractivity contribution is 6.31. The van der Waals surface area contributed by atoms with Crippen LogP contribution in [-0.4, -0.2) is 26.4 Å². The summed E-state index contributed by atoms with van der Waals surface area (Å²) in [5.41, 5.74) is 3.62. The number of nitrogens with zero attached hydrogens (tertiary/aromatic N) is 2. The fraction of sp³-hybridized carbons (Fsp3) is 0.375. The standard InChI is InChI=1S/C24H27ClN2O3/c1-16(13-22(29)30)12-21(28)23-19-14-18(25)15-26-24(19)27(2)20(23)11-7-6-10-17-8-4-3-5-9-17/h3-5,8-9,14-16H,6-7,10-13H2,1-2H3,(H,29,30)/t16-/m0/s1. The van der Waals surface area contributed by atoms with Gasteiger partial charge in [0.2, 0.25) is 0 Å². The first kappa shape index (κ1) is 22.0. The average molecular weight is 427 g/mol. The van der Waals surface area contributed by atoms with Gasteiger partial charge in [-0.1, -0.05) is 48.9 Å². The molecule has 0 saturated heterocycles. The van der Waals surface area contributed by atoms with E-state index in [0.717, 1.165) is 42.4 Å². The number of benzene rings is 1. The zero-order valence-electron chi connectivity index (χ0n) is 17.4. The number of rotatable bonds is 10. The lowest BCUT2D eigenvalue weighted by atomic mass is 9.94. The first-order valence-corrected chi connectivity index (χ1v) is 10.7. The van der Waals surface area contributed by atoms with Crippen molar-refractivity contribution in [1.29, 1.82) is 0 Å². The molecule has 1 N–H and O–H groups in total. The Morgan fingerprint density at radius 3 is 2.53 bits per heavy atom. The van der Waals surface area contributed by atoms with Crippen LogP contribution in [0.4, 0.5) is 0 Å². The van der Waals surface area contributed by atoms with Crippen LogP contribution in [0.15, 0.2) is 42.6 Å². The molecule has 0 aliphatic heterocycles. The number of carboxylic acids is 1. The molecule has 2 heterocycles. The van der Waals surface area contributed by atoms with Crippen LogP contribution in [0, 0.1) is 5.92 Å². The van der Waals surface area contributed by atoms with Crippen LogP contribution >= 0.6 is 11.6 Å².